The molecule has 1 N–H and O–H groups in total. The molecule has 0 spiro atoms. The second-order valence-corrected chi connectivity index (χ2v) is 6.12. The number of amides is 1. The van der Waals surface area contributed by atoms with Crippen LogP contribution in [0.3, 0.4) is 0 Å². The van der Waals surface area contributed by atoms with Crippen molar-refractivity contribution in [1.29, 1.82) is 0 Å². The zero-order chi connectivity index (χ0) is 18.0. The van der Waals surface area contributed by atoms with Gasteiger partial charge in [-0.1, -0.05) is 35.9 Å². The average Bonchev–Trinajstić information content (AvgIpc) is 2.85. The topological polar surface area (TPSA) is 46.9 Å². The molecule has 0 aliphatic carbocycles. The van der Waals surface area contributed by atoms with Crippen LogP contribution in [0.1, 0.15) is 32.9 Å². The zero-order valence-corrected chi connectivity index (χ0v) is 14.5. The third-order valence-electron chi connectivity index (χ3n) is 4.21. The summed E-state index contributed by atoms with van der Waals surface area (Å²) >= 11 is 0. The van der Waals surface area contributed by atoms with E-state index in [2.05, 4.69) is 10.4 Å². The molecule has 3 aromatic rings. The first kappa shape index (κ1) is 16.9. The van der Waals surface area contributed by atoms with Crippen molar-refractivity contribution in [3.05, 3.63) is 82.4 Å². The smallest absolute Gasteiger partial charge is 0.255 e. The van der Waals surface area contributed by atoms with Gasteiger partial charge in [-0.15, -0.1) is 0 Å². The fourth-order valence-corrected chi connectivity index (χ4v) is 2.71. The van der Waals surface area contributed by atoms with Crippen molar-refractivity contribution in [3.8, 4) is 0 Å². The van der Waals surface area contributed by atoms with Crippen molar-refractivity contribution < 1.29 is 9.18 Å². The van der Waals surface area contributed by atoms with Crippen LogP contribution in [-0.4, -0.2) is 15.7 Å². The Balaban J connectivity index is 1.83. The highest BCUT2D eigenvalue weighted by Crippen LogP contribution is 2.22. The standard InChI is InChI=1S/C20H20FN3O/c1-13-8-10-16(11-9-13)20(25)22-19-14(2)23-24(15(19)3)12-17-6-4-5-7-18(17)21/h4-11H,12H2,1-3H3,(H,22,25). The number of aryl methyl sites for hydroxylation is 2. The van der Waals surface area contributed by atoms with E-state index in [1.54, 1.807) is 35.0 Å². The minimum Gasteiger partial charge on any atom is -0.319 e. The molecular formula is C20H20FN3O. The molecule has 0 fully saturated rings. The molecule has 1 aromatic heterocycles. The molecule has 0 atom stereocenters. The van der Waals surface area contributed by atoms with Crippen LogP contribution >= 0.6 is 0 Å². The number of rotatable bonds is 4. The summed E-state index contributed by atoms with van der Waals surface area (Å²) in [6.07, 6.45) is 0. The summed E-state index contributed by atoms with van der Waals surface area (Å²) in [5.41, 5.74) is 4.41. The quantitative estimate of drug-likeness (QED) is 0.774. The Kier molecular flexibility index (Phi) is 4.65. The number of benzene rings is 2. The van der Waals surface area contributed by atoms with Gasteiger partial charge in [0.05, 0.1) is 23.6 Å². The maximum Gasteiger partial charge on any atom is 0.255 e. The molecule has 1 amide bonds. The molecule has 0 saturated heterocycles. The van der Waals surface area contributed by atoms with Crippen LogP contribution in [0.5, 0.6) is 0 Å². The summed E-state index contributed by atoms with van der Waals surface area (Å²) in [6.45, 7) is 5.99. The molecule has 0 unspecified atom stereocenters. The fraction of sp³-hybridized carbons (Fsp3) is 0.200. The highest BCUT2D eigenvalue weighted by atomic mass is 19.1. The molecule has 3 rings (SSSR count). The second-order valence-electron chi connectivity index (χ2n) is 6.12. The van der Waals surface area contributed by atoms with Crippen molar-refractivity contribution in [1.82, 2.24) is 9.78 Å². The third-order valence-corrected chi connectivity index (χ3v) is 4.21. The van der Waals surface area contributed by atoms with Crippen LogP contribution in [0.2, 0.25) is 0 Å². The number of aromatic nitrogens is 2. The van der Waals surface area contributed by atoms with Crippen molar-refractivity contribution in [2.24, 2.45) is 0 Å². The van der Waals surface area contributed by atoms with E-state index in [4.69, 9.17) is 0 Å². The molecule has 128 valence electrons. The van der Waals surface area contributed by atoms with E-state index in [0.29, 0.717) is 29.1 Å². The molecule has 0 saturated carbocycles. The number of carbonyl (C=O) groups excluding carboxylic acids is 1. The number of anilines is 1. The number of nitrogens with one attached hydrogen (secondary N) is 1. The summed E-state index contributed by atoms with van der Waals surface area (Å²) < 4.78 is 15.6. The lowest BCUT2D eigenvalue weighted by atomic mass is 10.1. The van der Waals surface area contributed by atoms with Crippen LogP contribution in [0.15, 0.2) is 48.5 Å². The summed E-state index contributed by atoms with van der Waals surface area (Å²) in [5, 5.41) is 7.36. The molecule has 2 aromatic carbocycles. The molecular weight excluding hydrogens is 317 g/mol. The SMILES string of the molecule is Cc1ccc(C(=O)Nc2c(C)nn(Cc3ccccc3F)c2C)cc1. The maximum absolute atomic E-state index is 13.9. The molecule has 25 heavy (non-hydrogen) atoms. The van der Waals surface area contributed by atoms with E-state index in [-0.39, 0.29) is 11.7 Å². The van der Waals surface area contributed by atoms with E-state index in [1.165, 1.54) is 6.07 Å². The molecule has 0 bridgehead atoms. The Morgan fingerprint density at radius 2 is 1.76 bits per heavy atom. The van der Waals surface area contributed by atoms with Gasteiger partial charge in [0.2, 0.25) is 0 Å². The first-order valence-corrected chi connectivity index (χ1v) is 8.11. The van der Waals surface area contributed by atoms with Gasteiger partial charge in [-0.3, -0.25) is 9.48 Å². The minimum atomic E-state index is -0.264. The molecule has 0 aliphatic rings. The number of hydrogen-bond donors (Lipinski definition) is 1. The number of nitrogens with zero attached hydrogens (tertiary/aromatic N) is 2. The maximum atomic E-state index is 13.9. The minimum absolute atomic E-state index is 0.184. The first-order valence-electron chi connectivity index (χ1n) is 8.11. The van der Waals surface area contributed by atoms with E-state index in [9.17, 15) is 9.18 Å². The second kappa shape index (κ2) is 6.89. The Hall–Kier alpha value is -2.95. The Morgan fingerprint density at radius 3 is 2.44 bits per heavy atom. The lowest BCUT2D eigenvalue weighted by molar-refractivity contribution is 0.102. The van der Waals surface area contributed by atoms with Gasteiger partial charge in [0.15, 0.2) is 0 Å². The highest BCUT2D eigenvalue weighted by molar-refractivity contribution is 6.04. The predicted octanol–water partition coefficient (Wildman–Crippen LogP) is 4.25. The lowest BCUT2D eigenvalue weighted by Gasteiger charge is -2.08. The normalized spacial score (nSPS) is 10.7. The van der Waals surface area contributed by atoms with Gasteiger partial charge in [-0.25, -0.2) is 4.39 Å². The van der Waals surface area contributed by atoms with E-state index < -0.39 is 0 Å². The van der Waals surface area contributed by atoms with E-state index in [0.717, 1.165) is 11.3 Å². The van der Waals surface area contributed by atoms with Gasteiger partial charge in [0.25, 0.3) is 5.91 Å². The first-order chi connectivity index (χ1) is 12.0. The number of hydrogen-bond acceptors (Lipinski definition) is 2. The Labute approximate surface area is 146 Å². The van der Waals surface area contributed by atoms with Crippen LogP contribution in [0.4, 0.5) is 10.1 Å². The van der Waals surface area contributed by atoms with Crippen molar-refractivity contribution in [2.75, 3.05) is 5.32 Å². The largest absolute Gasteiger partial charge is 0.319 e. The highest BCUT2D eigenvalue weighted by Gasteiger charge is 2.16. The van der Waals surface area contributed by atoms with Crippen LogP contribution in [-0.2, 0) is 6.54 Å². The molecule has 5 heteroatoms. The average molecular weight is 337 g/mol. The van der Waals surface area contributed by atoms with Gasteiger partial charge in [0, 0.05) is 11.1 Å². The summed E-state index contributed by atoms with van der Waals surface area (Å²) in [4.78, 5) is 12.4. The lowest BCUT2D eigenvalue weighted by Crippen LogP contribution is -2.13. The summed E-state index contributed by atoms with van der Waals surface area (Å²) in [5.74, 6) is -0.447. The van der Waals surface area contributed by atoms with Gasteiger partial charge in [-0.2, -0.15) is 5.10 Å². The number of halogens is 1. The van der Waals surface area contributed by atoms with Crippen molar-refractivity contribution in [2.45, 2.75) is 27.3 Å². The summed E-state index contributed by atoms with van der Waals surface area (Å²) in [6, 6.07) is 14.0. The monoisotopic (exact) mass is 337 g/mol. The Morgan fingerprint density at radius 1 is 1.08 bits per heavy atom. The molecule has 1 heterocycles. The molecule has 0 aliphatic heterocycles. The van der Waals surface area contributed by atoms with Crippen LogP contribution in [0.25, 0.3) is 0 Å². The van der Waals surface area contributed by atoms with Crippen molar-refractivity contribution in [3.63, 3.8) is 0 Å². The van der Waals surface area contributed by atoms with Gasteiger partial charge < -0.3 is 5.32 Å². The van der Waals surface area contributed by atoms with Crippen molar-refractivity contribution >= 4 is 11.6 Å². The van der Waals surface area contributed by atoms with E-state index in [1.807, 2.05) is 32.9 Å². The van der Waals surface area contributed by atoms with Crippen LogP contribution in [0, 0.1) is 26.6 Å². The Bertz CT molecular complexity index is 913. The molecule has 0 radical (unpaired) electrons. The van der Waals surface area contributed by atoms with Gasteiger partial charge in [-0.05, 0) is 39.0 Å². The third kappa shape index (κ3) is 3.60. The van der Waals surface area contributed by atoms with E-state index >= 15 is 0 Å². The molecule has 4 nitrogen and oxygen atoms in total. The predicted molar refractivity (Wildman–Crippen MR) is 96.3 cm³/mol. The fourth-order valence-electron chi connectivity index (χ4n) is 2.71. The number of carbonyl (C=O) groups is 1. The van der Waals surface area contributed by atoms with Crippen LogP contribution < -0.4 is 5.32 Å². The van der Waals surface area contributed by atoms with Gasteiger partial charge >= 0.3 is 0 Å². The zero-order valence-electron chi connectivity index (χ0n) is 14.5. The van der Waals surface area contributed by atoms with Gasteiger partial charge in [0.1, 0.15) is 5.82 Å². The summed E-state index contributed by atoms with van der Waals surface area (Å²) in [7, 11) is 0.